The predicted molar refractivity (Wildman–Crippen MR) is 137 cm³/mol. The van der Waals surface area contributed by atoms with Crippen LogP contribution >= 0.6 is 0 Å². The molecule has 1 fully saturated rings. The van der Waals surface area contributed by atoms with Gasteiger partial charge in [0.2, 0.25) is 0 Å². The number of benzene rings is 2. The highest BCUT2D eigenvalue weighted by molar-refractivity contribution is 5.98. The van der Waals surface area contributed by atoms with Crippen LogP contribution in [0.4, 0.5) is 13.2 Å². The number of rotatable bonds is 5. The Kier molecular flexibility index (Phi) is 6.57. The molecule has 2 atom stereocenters. The molecular weight excluding hydrogens is 515 g/mol. The molecular formula is C27H26F3N5O4. The first-order valence-corrected chi connectivity index (χ1v) is 12.4. The van der Waals surface area contributed by atoms with Gasteiger partial charge in [-0.05, 0) is 43.7 Å². The van der Waals surface area contributed by atoms with Crippen molar-refractivity contribution in [3.8, 4) is 11.5 Å². The Morgan fingerprint density at radius 3 is 2.54 bits per heavy atom. The number of nitrogens with one attached hydrogen (secondary N) is 1. The zero-order valence-corrected chi connectivity index (χ0v) is 21.2. The maximum atomic E-state index is 13.3. The molecule has 0 unspecified atom stereocenters. The third-order valence-corrected chi connectivity index (χ3v) is 7.27. The number of para-hydroxylation sites is 1. The van der Waals surface area contributed by atoms with E-state index in [1.54, 1.807) is 23.5 Å². The third kappa shape index (κ3) is 4.70. The number of hydrogen-bond acceptors (Lipinski definition) is 4. The zero-order valence-electron chi connectivity index (χ0n) is 21.2. The van der Waals surface area contributed by atoms with Crippen LogP contribution < -0.4 is 5.32 Å². The van der Waals surface area contributed by atoms with Gasteiger partial charge in [0.1, 0.15) is 0 Å². The fourth-order valence-electron chi connectivity index (χ4n) is 5.31. The highest BCUT2D eigenvalue weighted by atomic mass is 19.4. The third-order valence-electron chi connectivity index (χ3n) is 7.27. The molecule has 1 aliphatic rings. The second-order valence-corrected chi connectivity index (χ2v) is 9.59. The van der Waals surface area contributed by atoms with Crippen molar-refractivity contribution in [3.05, 3.63) is 54.1 Å². The van der Waals surface area contributed by atoms with E-state index >= 15 is 0 Å². The SMILES string of the molecule is CCn1c(-c2nc3cc(C(=O)N4CC[C@H](C(=O)O)[C@H](NC(=O)C(F)(F)F)C4)ccc3n2C)cc2ccccc21. The minimum absolute atomic E-state index is 0.0241. The molecule has 9 nitrogen and oxygen atoms in total. The number of nitrogens with zero attached hydrogens (tertiary/aromatic N) is 4. The maximum Gasteiger partial charge on any atom is 0.471 e. The van der Waals surface area contributed by atoms with Crippen LogP contribution in [0.25, 0.3) is 33.5 Å². The molecule has 204 valence electrons. The lowest BCUT2D eigenvalue weighted by atomic mass is 9.91. The lowest BCUT2D eigenvalue weighted by Crippen LogP contribution is -2.57. The lowest BCUT2D eigenvalue weighted by Gasteiger charge is -2.37. The van der Waals surface area contributed by atoms with Gasteiger partial charge in [-0.15, -0.1) is 0 Å². The number of carboxylic acids is 1. The van der Waals surface area contributed by atoms with Crippen molar-refractivity contribution in [2.24, 2.45) is 13.0 Å². The summed E-state index contributed by atoms with van der Waals surface area (Å²) in [4.78, 5) is 42.5. The van der Waals surface area contributed by atoms with Gasteiger partial charge in [-0.2, -0.15) is 13.2 Å². The quantitative estimate of drug-likeness (QED) is 0.400. The zero-order chi connectivity index (χ0) is 28.1. The number of alkyl halides is 3. The Hall–Kier alpha value is -4.35. The number of amides is 2. The first kappa shape index (κ1) is 26.3. The highest BCUT2D eigenvalue weighted by Gasteiger charge is 2.44. The van der Waals surface area contributed by atoms with Gasteiger partial charge in [0.05, 0.1) is 28.7 Å². The average molecular weight is 542 g/mol. The van der Waals surface area contributed by atoms with Crippen LogP contribution in [0, 0.1) is 5.92 Å². The highest BCUT2D eigenvalue weighted by Crippen LogP contribution is 2.31. The Morgan fingerprint density at radius 1 is 1.10 bits per heavy atom. The fourth-order valence-corrected chi connectivity index (χ4v) is 5.31. The normalized spacial score (nSPS) is 18.0. The summed E-state index contributed by atoms with van der Waals surface area (Å²) in [7, 11) is 1.88. The van der Waals surface area contributed by atoms with E-state index in [1.807, 2.05) is 42.8 Å². The number of carboxylic acid groups (broad SMARTS) is 1. The van der Waals surface area contributed by atoms with E-state index in [0.29, 0.717) is 11.3 Å². The van der Waals surface area contributed by atoms with Crippen molar-refractivity contribution in [1.29, 1.82) is 0 Å². The lowest BCUT2D eigenvalue weighted by molar-refractivity contribution is -0.175. The summed E-state index contributed by atoms with van der Waals surface area (Å²) >= 11 is 0. The molecule has 2 N–H and O–H groups in total. The van der Waals surface area contributed by atoms with Gasteiger partial charge in [-0.25, -0.2) is 4.98 Å². The Balaban J connectivity index is 1.44. The average Bonchev–Trinajstić information content (AvgIpc) is 3.44. The van der Waals surface area contributed by atoms with E-state index in [4.69, 9.17) is 4.98 Å². The number of fused-ring (bicyclic) bond motifs is 2. The number of aromatic nitrogens is 3. The second kappa shape index (κ2) is 9.75. The molecule has 2 amide bonds. The van der Waals surface area contributed by atoms with E-state index in [1.165, 1.54) is 4.90 Å². The molecule has 1 aliphatic heterocycles. The number of piperidine rings is 1. The number of hydrogen-bond donors (Lipinski definition) is 2. The molecule has 0 radical (unpaired) electrons. The van der Waals surface area contributed by atoms with Crippen LogP contribution in [-0.2, 0) is 23.2 Å². The number of carbonyl (C=O) groups is 3. The van der Waals surface area contributed by atoms with Crippen molar-refractivity contribution in [2.75, 3.05) is 13.1 Å². The number of aryl methyl sites for hydroxylation is 2. The molecule has 0 saturated carbocycles. The van der Waals surface area contributed by atoms with Crippen molar-refractivity contribution >= 4 is 39.7 Å². The minimum atomic E-state index is -5.17. The van der Waals surface area contributed by atoms with Crippen LogP contribution in [0.2, 0.25) is 0 Å². The van der Waals surface area contributed by atoms with Gasteiger partial charge < -0.3 is 24.5 Å². The first-order chi connectivity index (χ1) is 18.5. The van der Waals surface area contributed by atoms with Gasteiger partial charge in [-0.3, -0.25) is 14.4 Å². The van der Waals surface area contributed by atoms with Crippen LogP contribution in [0.5, 0.6) is 0 Å². The number of halogens is 3. The summed E-state index contributed by atoms with van der Waals surface area (Å²) in [5.74, 6) is -4.58. The number of likely N-dealkylation sites (tertiary alicyclic amines) is 1. The maximum absolute atomic E-state index is 13.3. The number of aliphatic carboxylic acids is 1. The van der Waals surface area contributed by atoms with Crippen LogP contribution in [0.3, 0.4) is 0 Å². The molecule has 2 aromatic carbocycles. The van der Waals surface area contributed by atoms with E-state index in [-0.39, 0.29) is 25.1 Å². The van der Waals surface area contributed by atoms with Crippen molar-refractivity contribution in [1.82, 2.24) is 24.3 Å². The smallest absolute Gasteiger partial charge is 0.471 e. The van der Waals surface area contributed by atoms with Gasteiger partial charge in [0.25, 0.3) is 5.91 Å². The standard InChI is InChI=1S/C27H26F3N5O4/c1-3-35-20-7-5-4-6-15(20)13-22(35)23-31-18-12-16(8-9-21(18)33(23)2)24(36)34-11-10-17(25(37)38)19(14-34)32-26(39)27(28,29)30/h4-9,12-13,17,19H,3,10-11,14H2,1-2H3,(H,32,39)(H,37,38)/t17-,19+/m0/s1. The second-order valence-electron chi connectivity index (χ2n) is 9.59. The predicted octanol–water partition coefficient (Wildman–Crippen LogP) is 3.81. The fraction of sp³-hybridized carbons (Fsp3) is 0.333. The van der Waals surface area contributed by atoms with Crippen LogP contribution in [0.15, 0.2) is 48.5 Å². The molecule has 4 aromatic rings. The summed E-state index contributed by atoms with van der Waals surface area (Å²) < 4.78 is 42.5. The largest absolute Gasteiger partial charge is 0.481 e. The molecule has 39 heavy (non-hydrogen) atoms. The summed E-state index contributed by atoms with van der Waals surface area (Å²) in [5.41, 5.74) is 3.61. The van der Waals surface area contributed by atoms with Gasteiger partial charge in [0.15, 0.2) is 5.82 Å². The monoisotopic (exact) mass is 541 g/mol. The van der Waals surface area contributed by atoms with Crippen molar-refractivity contribution < 1.29 is 32.7 Å². The molecule has 2 aromatic heterocycles. The molecule has 3 heterocycles. The summed E-state index contributed by atoms with van der Waals surface area (Å²) in [6.07, 6.45) is -5.26. The molecule has 0 bridgehead atoms. The Morgan fingerprint density at radius 2 is 1.85 bits per heavy atom. The minimum Gasteiger partial charge on any atom is -0.481 e. The van der Waals surface area contributed by atoms with Crippen molar-refractivity contribution in [2.45, 2.75) is 32.1 Å². The van der Waals surface area contributed by atoms with Crippen LogP contribution in [0.1, 0.15) is 23.7 Å². The molecule has 1 saturated heterocycles. The number of carbonyl (C=O) groups excluding carboxylic acids is 2. The Labute approximate surface area is 220 Å². The summed E-state index contributed by atoms with van der Waals surface area (Å²) in [5, 5.41) is 12.3. The first-order valence-electron chi connectivity index (χ1n) is 12.4. The van der Waals surface area contributed by atoms with Gasteiger partial charge in [-0.1, -0.05) is 18.2 Å². The van der Waals surface area contributed by atoms with Gasteiger partial charge in [0, 0.05) is 43.1 Å². The molecule has 0 aliphatic carbocycles. The van der Waals surface area contributed by atoms with Crippen LogP contribution in [-0.4, -0.2) is 67.2 Å². The molecule has 12 heteroatoms. The molecule has 5 rings (SSSR count). The number of imidazole rings is 1. The topological polar surface area (TPSA) is 109 Å². The van der Waals surface area contributed by atoms with Crippen molar-refractivity contribution in [3.63, 3.8) is 0 Å². The molecule has 0 spiro atoms. The summed E-state index contributed by atoms with van der Waals surface area (Å²) in [6, 6.07) is 13.7. The van der Waals surface area contributed by atoms with E-state index in [9.17, 15) is 32.7 Å². The Bertz CT molecular complexity index is 1610. The van der Waals surface area contributed by atoms with Gasteiger partial charge >= 0.3 is 18.1 Å². The summed E-state index contributed by atoms with van der Waals surface area (Å²) in [6.45, 7) is 2.44. The van der Waals surface area contributed by atoms with E-state index in [0.717, 1.165) is 28.7 Å². The van der Waals surface area contributed by atoms with E-state index < -0.39 is 35.9 Å². The van der Waals surface area contributed by atoms with E-state index in [2.05, 4.69) is 10.6 Å².